The number of rotatable bonds is 8. The van der Waals surface area contributed by atoms with Crippen molar-refractivity contribution in [2.75, 3.05) is 26.2 Å². The summed E-state index contributed by atoms with van der Waals surface area (Å²) in [4.78, 5) is 2.77. The Morgan fingerprint density at radius 2 is 1.71 bits per heavy atom. The Morgan fingerprint density at radius 3 is 2.19 bits per heavy atom. The molecule has 0 saturated heterocycles. The minimum atomic E-state index is 0.542. The fourth-order valence-corrected chi connectivity index (χ4v) is 4.11. The number of nitrogens with zero attached hydrogens (tertiary/aromatic N) is 1. The van der Waals surface area contributed by atoms with Gasteiger partial charge in [-0.05, 0) is 43.6 Å². The third kappa shape index (κ3) is 5.56. The molecule has 2 saturated carbocycles. The molecular formula is C19H38N2. The Kier molecular flexibility index (Phi) is 7.01. The first-order valence-electron chi connectivity index (χ1n) is 9.59. The maximum absolute atomic E-state index is 3.77. The number of nitrogens with one attached hydrogen (secondary N) is 1. The zero-order chi connectivity index (χ0) is 15.1. The van der Waals surface area contributed by atoms with Crippen LogP contribution in [0.25, 0.3) is 0 Å². The smallest absolute Gasteiger partial charge is 0.00501 e. The van der Waals surface area contributed by atoms with Gasteiger partial charge in [-0.3, -0.25) is 0 Å². The molecule has 2 nitrogen and oxygen atoms in total. The summed E-state index contributed by atoms with van der Waals surface area (Å²) >= 11 is 0. The Labute approximate surface area is 133 Å². The average molecular weight is 295 g/mol. The molecule has 2 fully saturated rings. The van der Waals surface area contributed by atoms with E-state index >= 15 is 0 Å². The van der Waals surface area contributed by atoms with E-state index < -0.39 is 0 Å². The highest BCUT2D eigenvalue weighted by atomic mass is 15.1. The summed E-state index contributed by atoms with van der Waals surface area (Å²) < 4.78 is 0. The Hall–Kier alpha value is -0.0800. The van der Waals surface area contributed by atoms with Crippen LogP contribution in [-0.2, 0) is 0 Å². The second-order valence-corrected chi connectivity index (χ2v) is 8.07. The number of hydrogen-bond acceptors (Lipinski definition) is 2. The van der Waals surface area contributed by atoms with Gasteiger partial charge in [0.1, 0.15) is 0 Å². The first kappa shape index (κ1) is 17.3. The Balaban J connectivity index is 1.94. The van der Waals surface area contributed by atoms with E-state index in [1.807, 2.05) is 0 Å². The van der Waals surface area contributed by atoms with Crippen LogP contribution < -0.4 is 5.32 Å². The molecule has 2 aliphatic carbocycles. The van der Waals surface area contributed by atoms with Gasteiger partial charge >= 0.3 is 0 Å². The molecule has 0 bridgehead atoms. The van der Waals surface area contributed by atoms with Gasteiger partial charge in [0, 0.05) is 25.7 Å². The van der Waals surface area contributed by atoms with Crippen LogP contribution in [0.5, 0.6) is 0 Å². The summed E-state index contributed by atoms with van der Waals surface area (Å²) in [6.45, 7) is 12.1. The minimum absolute atomic E-state index is 0.542. The average Bonchev–Trinajstić information content (AvgIpc) is 2.65. The fourth-order valence-electron chi connectivity index (χ4n) is 4.11. The molecule has 124 valence electrons. The lowest BCUT2D eigenvalue weighted by atomic mass is 9.78. The summed E-state index contributed by atoms with van der Waals surface area (Å²) in [7, 11) is 0. The van der Waals surface area contributed by atoms with Crippen LogP contribution in [-0.4, -0.2) is 37.1 Å². The predicted octanol–water partition coefficient (Wildman–Crippen LogP) is 4.45. The van der Waals surface area contributed by atoms with Gasteiger partial charge in [-0.2, -0.15) is 0 Å². The van der Waals surface area contributed by atoms with Gasteiger partial charge in [0.25, 0.3) is 0 Å². The molecule has 2 heteroatoms. The van der Waals surface area contributed by atoms with E-state index in [-0.39, 0.29) is 0 Å². The van der Waals surface area contributed by atoms with Crippen LogP contribution in [0.1, 0.15) is 78.6 Å². The van der Waals surface area contributed by atoms with Crippen LogP contribution in [0.2, 0.25) is 0 Å². The summed E-state index contributed by atoms with van der Waals surface area (Å²) in [6, 6.07) is 0.617. The molecule has 0 aromatic carbocycles. The van der Waals surface area contributed by atoms with Crippen molar-refractivity contribution in [1.29, 1.82) is 0 Å². The number of hydrogen-bond donors (Lipinski definition) is 1. The van der Waals surface area contributed by atoms with E-state index in [4.69, 9.17) is 0 Å². The molecule has 0 spiro atoms. The van der Waals surface area contributed by atoms with Gasteiger partial charge in [-0.1, -0.05) is 52.9 Å². The topological polar surface area (TPSA) is 15.3 Å². The van der Waals surface area contributed by atoms with E-state index in [1.165, 1.54) is 84.0 Å². The van der Waals surface area contributed by atoms with Gasteiger partial charge in [0.05, 0.1) is 0 Å². The molecule has 0 heterocycles. The quantitative estimate of drug-likeness (QED) is 0.665. The molecular weight excluding hydrogens is 256 g/mol. The van der Waals surface area contributed by atoms with Gasteiger partial charge in [0.15, 0.2) is 0 Å². The van der Waals surface area contributed by atoms with E-state index in [0.29, 0.717) is 11.5 Å². The molecule has 21 heavy (non-hydrogen) atoms. The molecule has 2 aliphatic rings. The van der Waals surface area contributed by atoms with Crippen molar-refractivity contribution >= 4 is 0 Å². The molecule has 0 radical (unpaired) electrons. The van der Waals surface area contributed by atoms with Gasteiger partial charge in [-0.15, -0.1) is 0 Å². The molecule has 2 rings (SSSR count). The second kappa shape index (κ2) is 8.53. The standard InChI is InChI=1S/C19H38N2/c1-4-21(14-18-10-9-11-18)16-19(15-20-17(2)3)12-7-5-6-8-13-19/h17-18,20H,4-16H2,1-3H3. The molecule has 0 unspecified atom stereocenters. The first-order valence-corrected chi connectivity index (χ1v) is 9.59. The molecule has 0 aromatic rings. The minimum Gasteiger partial charge on any atom is -0.314 e. The zero-order valence-corrected chi connectivity index (χ0v) is 14.8. The lowest BCUT2D eigenvalue weighted by Crippen LogP contribution is -2.47. The lowest BCUT2D eigenvalue weighted by Gasteiger charge is -2.41. The first-order chi connectivity index (χ1) is 10.1. The van der Waals surface area contributed by atoms with Gasteiger partial charge in [0.2, 0.25) is 0 Å². The summed E-state index contributed by atoms with van der Waals surface area (Å²) in [5.74, 6) is 1.01. The van der Waals surface area contributed by atoms with Crippen LogP contribution in [0.15, 0.2) is 0 Å². The molecule has 1 N–H and O–H groups in total. The zero-order valence-electron chi connectivity index (χ0n) is 14.8. The monoisotopic (exact) mass is 294 g/mol. The van der Waals surface area contributed by atoms with Crippen LogP contribution in [0.3, 0.4) is 0 Å². The molecule has 0 atom stereocenters. The van der Waals surface area contributed by atoms with E-state index in [1.54, 1.807) is 0 Å². The lowest BCUT2D eigenvalue weighted by molar-refractivity contribution is 0.0990. The SMILES string of the molecule is CCN(CC1CCC1)CC1(CNC(C)C)CCCCCC1. The van der Waals surface area contributed by atoms with Crippen molar-refractivity contribution in [1.82, 2.24) is 10.2 Å². The normalized spacial score (nSPS) is 23.3. The largest absolute Gasteiger partial charge is 0.314 e. The van der Waals surface area contributed by atoms with Crippen LogP contribution in [0, 0.1) is 11.3 Å². The van der Waals surface area contributed by atoms with Crippen molar-refractivity contribution in [3.8, 4) is 0 Å². The van der Waals surface area contributed by atoms with Crippen molar-refractivity contribution in [3.05, 3.63) is 0 Å². The second-order valence-electron chi connectivity index (χ2n) is 8.07. The van der Waals surface area contributed by atoms with Crippen molar-refractivity contribution in [2.24, 2.45) is 11.3 Å². The highest BCUT2D eigenvalue weighted by Gasteiger charge is 2.33. The maximum atomic E-state index is 3.77. The van der Waals surface area contributed by atoms with Crippen LogP contribution >= 0.6 is 0 Å². The van der Waals surface area contributed by atoms with Crippen molar-refractivity contribution in [2.45, 2.75) is 84.6 Å². The van der Waals surface area contributed by atoms with Crippen molar-refractivity contribution in [3.63, 3.8) is 0 Å². The highest BCUT2D eigenvalue weighted by Crippen LogP contribution is 2.36. The Morgan fingerprint density at radius 1 is 1.05 bits per heavy atom. The molecule has 0 aromatic heterocycles. The molecule has 0 aliphatic heterocycles. The van der Waals surface area contributed by atoms with Gasteiger partial charge in [-0.25, -0.2) is 0 Å². The highest BCUT2D eigenvalue weighted by molar-refractivity contribution is 4.88. The summed E-state index contributed by atoms with van der Waals surface area (Å²) in [5.41, 5.74) is 0.542. The third-order valence-corrected chi connectivity index (χ3v) is 5.80. The summed E-state index contributed by atoms with van der Waals surface area (Å²) in [5, 5.41) is 3.77. The molecule has 0 amide bonds. The summed E-state index contributed by atoms with van der Waals surface area (Å²) in [6.07, 6.45) is 13.1. The van der Waals surface area contributed by atoms with E-state index in [2.05, 4.69) is 31.0 Å². The van der Waals surface area contributed by atoms with Gasteiger partial charge < -0.3 is 10.2 Å². The van der Waals surface area contributed by atoms with E-state index in [9.17, 15) is 0 Å². The maximum Gasteiger partial charge on any atom is 0.00501 e. The third-order valence-electron chi connectivity index (χ3n) is 5.80. The Bertz CT molecular complexity index is 275. The fraction of sp³-hybridized carbons (Fsp3) is 1.00. The van der Waals surface area contributed by atoms with Crippen LogP contribution in [0.4, 0.5) is 0 Å². The van der Waals surface area contributed by atoms with Crippen molar-refractivity contribution < 1.29 is 0 Å². The van der Waals surface area contributed by atoms with E-state index in [0.717, 1.165) is 5.92 Å². The predicted molar refractivity (Wildman–Crippen MR) is 92.7 cm³/mol.